The molecule has 0 aliphatic heterocycles. The van der Waals surface area contributed by atoms with E-state index in [4.69, 9.17) is 17.3 Å². The Morgan fingerprint density at radius 1 is 1.50 bits per heavy atom. The van der Waals surface area contributed by atoms with Gasteiger partial charge < -0.3 is 16.4 Å². The maximum atomic E-state index is 11.8. The Morgan fingerprint density at radius 2 is 2.22 bits per heavy atom. The van der Waals surface area contributed by atoms with Crippen LogP contribution in [-0.4, -0.2) is 29.4 Å². The third-order valence-electron chi connectivity index (χ3n) is 2.45. The second-order valence-corrected chi connectivity index (χ2v) is 4.52. The number of nitrogens with one attached hydrogen (secondary N) is 2. The Bertz CT molecular complexity index is 488. The minimum Gasteiger partial charge on any atom is -0.368 e. The van der Waals surface area contributed by atoms with E-state index in [2.05, 4.69) is 15.6 Å². The summed E-state index contributed by atoms with van der Waals surface area (Å²) in [5.74, 6) is -0.448. The van der Waals surface area contributed by atoms with Crippen molar-refractivity contribution >= 4 is 29.2 Å². The van der Waals surface area contributed by atoms with Crippen molar-refractivity contribution in [3.63, 3.8) is 0 Å². The third-order valence-corrected chi connectivity index (χ3v) is 2.75. The normalized spacial score (nSPS) is 14.1. The topological polar surface area (TPSA) is 97.1 Å². The standard InChI is InChI=1S/C11H13ClN4O2/c12-8-4-14-10(16-6-1-2-6)3-7(8)11(18)15-5-9(13)17/h3-4,6H,1-2,5H2,(H2,13,17)(H,14,16)(H,15,18). The largest absolute Gasteiger partial charge is 0.368 e. The highest BCUT2D eigenvalue weighted by molar-refractivity contribution is 6.33. The summed E-state index contributed by atoms with van der Waals surface area (Å²) in [4.78, 5) is 26.4. The van der Waals surface area contributed by atoms with Crippen LogP contribution in [0.3, 0.4) is 0 Å². The van der Waals surface area contributed by atoms with E-state index in [1.807, 2.05) is 0 Å². The molecule has 1 aromatic rings. The van der Waals surface area contributed by atoms with Gasteiger partial charge in [-0.3, -0.25) is 9.59 Å². The summed E-state index contributed by atoms with van der Waals surface area (Å²) in [6.45, 7) is -0.219. The van der Waals surface area contributed by atoms with Gasteiger partial charge in [0.25, 0.3) is 5.91 Å². The fraction of sp³-hybridized carbons (Fsp3) is 0.364. The quantitative estimate of drug-likeness (QED) is 0.725. The predicted octanol–water partition coefficient (Wildman–Crippen LogP) is 0.524. The number of rotatable bonds is 5. The number of carbonyl (C=O) groups is 2. The molecule has 96 valence electrons. The second-order valence-electron chi connectivity index (χ2n) is 4.12. The first kappa shape index (κ1) is 12.6. The first-order valence-corrected chi connectivity index (χ1v) is 5.92. The van der Waals surface area contributed by atoms with Crippen molar-refractivity contribution in [2.45, 2.75) is 18.9 Å². The maximum Gasteiger partial charge on any atom is 0.253 e. The van der Waals surface area contributed by atoms with Crippen LogP contribution in [-0.2, 0) is 4.79 Å². The molecule has 1 heterocycles. The van der Waals surface area contributed by atoms with Gasteiger partial charge in [0, 0.05) is 12.2 Å². The molecule has 0 saturated heterocycles. The lowest BCUT2D eigenvalue weighted by Crippen LogP contribution is -2.33. The highest BCUT2D eigenvalue weighted by Crippen LogP contribution is 2.25. The van der Waals surface area contributed by atoms with Crippen LogP contribution in [0.1, 0.15) is 23.2 Å². The molecule has 7 heteroatoms. The fourth-order valence-electron chi connectivity index (χ4n) is 1.39. The summed E-state index contributed by atoms with van der Waals surface area (Å²) in [5.41, 5.74) is 5.22. The number of halogens is 1. The lowest BCUT2D eigenvalue weighted by atomic mass is 10.2. The Hall–Kier alpha value is -1.82. The number of hydrogen-bond acceptors (Lipinski definition) is 4. The monoisotopic (exact) mass is 268 g/mol. The Balaban J connectivity index is 2.09. The molecular weight excluding hydrogens is 256 g/mol. The smallest absolute Gasteiger partial charge is 0.253 e. The molecule has 0 spiro atoms. The number of hydrogen-bond donors (Lipinski definition) is 3. The minimum atomic E-state index is -0.607. The average molecular weight is 269 g/mol. The molecule has 0 atom stereocenters. The van der Waals surface area contributed by atoms with Gasteiger partial charge in [0.15, 0.2) is 0 Å². The van der Waals surface area contributed by atoms with E-state index >= 15 is 0 Å². The SMILES string of the molecule is NC(=O)CNC(=O)c1cc(NC2CC2)ncc1Cl. The summed E-state index contributed by atoms with van der Waals surface area (Å²) in [6.07, 6.45) is 3.62. The van der Waals surface area contributed by atoms with Crippen molar-refractivity contribution in [2.75, 3.05) is 11.9 Å². The van der Waals surface area contributed by atoms with Gasteiger partial charge in [0.2, 0.25) is 5.91 Å². The molecule has 1 fully saturated rings. The molecule has 4 N–H and O–H groups in total. The lowest BCUT2D eigenvalue weighted by Gasteiger charge is -2.08. The molecular formula is C11H13ClN4O2. The molecule has 1 aliphatic carbocycles. The molecule has 1 aliphatic rings. The fourth-order valence-corrected chi connectivity index (χ4v) is 1.58. The summed E-state index contributed by atoms with van der Waals surface area (Å²) in [5, 5.41) is 5.78. The van der Waals surface area contributed by atoms with E-state index in [0.29, 0.717) is 11.9 Å². The molecule has 0 radical (unpaired) electrons. The van der Waals surface area contributed by atoms with Crippen molar-refractivity contribution in [2.24, 2.45) is 5.73 Å². The van der Waals surface area contributed by atoms with Gasteiger partial charge in [-0.05, 0) is 18.9 Å². The van der Waals surface area contributed by atoms with E-state index < -0.39 is 11.8 Å². The van der Waals surface area contributed by atoms with Crippen molar-refractivity contribution in [1.29, 1.82) is 0 Å². The molecule has 1 saturated carbocycles. The molecule has 0 aromatic carbocycles. The predicted molar refractivity (Wildman–Crippen MR) is 67.4 cm³/mol. The number of anilines is 1. The summed E-state index contributed by atoms with van der Waals surface area (Å²) in [7, 11) is 0. The Labute approximate surface area is 109 Å². The van der Waals surface area contributed by atoms with Crippen molar-refractivity contribution < 1.29 is 9.59 Å². The van der Waals surface area contributed by atoms with E-state index in [0.717, 1.165) is 12.8 Å². The van der Waals surface area contributed by atoms with E-state index in [-0.39, 0.29) is 17.1 Å². The number of primary amides is 1. The van der Waals surface area contributed by atoms with E-state index in [1.165, 1.54) is 6.20 Å². The molecule has 0 unspecified atom stereocenters. The first-order chi connectivity index (χ1) is 8.56. The number of amides is 2. The van der Waals surface area contributed by atoms with Crippen LogP contribution in [0.25, 0.3) is 0 Å². The molecule has 18 heavy (non-hydrogen) atoms. The molecule has 2 amide bonds. The van der Waals surface area contributed by atoms with Crippen LogP contribution < -0.4 is 16.4 Å². The maximum absolute atomic E-state index is 11.8. The van der Waals surface area contributed by atoms with Gasteiger partial charge in [-0.1, -0.05) is 11.6 Å². The van der Waals surface area contributed by atoms with E-state index in [9.17, 15) is 9.59 Å². The highest BCUT2D eigenvalue weighted by atomic mass is 35.5. The number of nitrogens with zero attached hydrogens (tertiary/aromatic N) is 1. The van der Waals surface area contributed by atoms with E-state index in [1.54, 1.807) is 6.07 Å². The highest BCUT2D eigenvalue weighted by Gasteiger charge is 2.22. The first-order valence-electron chi connectivity index (χ1n) is 5.55. The third kappa shape index (κ3) is 3.33. The van der Waals surface area contributed by atoms with Crippen LogP contribution in [0, 0.1) is 0 Å². The van der Waals surface area contributed by atoms with Crippen LogP contribution in [0.2, 0.25) is 5.02 Å². The molecule has 0 bridgehead atoms. The number of nitrogens with two attached hydrogens (primary N) is 1. The van der Waals surface area contributed by atoms with Crippen molar-refractivity contribution in [1.82, 2.24) is 10.3 Å². The summed E-state index contributed by atoms with van der Waals surface area (Å²) >= 11 is 5.89. The van der Waals surface area contributed by atoms with Crippen molar-refractivity contribution in [3.05, 3.63) is 22.8 Å². The van der Waals surface area contributed by atoms with Crippen molar-refractivity contribution in [3.8, 4) is 0 Å². The summed E-state index contributed by atoms with van der Waals surface area (Å²) < 4.78 is 0. The van der Waals surface area contributed by atoms with Gasteiger partial charge in [-0.15, -0.1) is 0 Å². The number of aromatic nitrogens is 1. The second kappa shape index (κ2) is 5.22. The number of carbonyl (C=O) groups excluding carboxylic acids is 2. The summed E-state index contributed by atoms with van der Waals surface area (Å²) in [6, 6.07) is 2.00. The van der Waals surface area contributed by atoms with Gasteiger partial charge in [-0.2, -0.15) is 0 Å². The van der Waals surface area contributed by atoms with Gasteiger partial charge in [0.1, 0.15) is 5.82 Å². The zero-order valence-corrected chi connectivity index (χ0v) is 10.3. The van der Waals surface area contributed by atoms with Crippen LogP contribution in [0.5, 0.6) is 0 Å². The molecule has 2 rings (SSSR count). The van der Waals surface area contributed by atoms with Crippen LogP contribution >= 0.6 is 11.6 Å². The minimum absolute atomic E-state index is 0.219. The van der Waals surface area contributed by atoms with Gasteiger partial charge >= 0.3 is 0 Å². The van der Waals surface area contributed by atoms with Gasteiger partial charge in [-0.25, -0.2) is 4.98 Å². The zero-order chi connectivity index (χ0) is 13.1. The average Bonchev–Trinajstić information content (AvgIpc) is 3.12. The van der Waals surface area contributed by atoms with Gasteiger partial charge in [0.05, 0.1) is 17.1 Å². The van der Waals surface area contributed by atoms with Crippen LogP contribution in [0.4, 0.5) is 5.82 Å². The molecule has 1 aromatic heterocycles. The Morgan fingerprint density at radius 3 is 2.83 bits per heavy atom. The van der Waals surface area contributed by atoms with Crippen LogP contribution in [0.15, 0.2) is 12.3 Å². The lowest BCUT2D eigenvalue weighted by molar-refractivity contribution is -0.117. The Kier molecular flexibility index (Phi) is 3.66. The molecule has 6 nitrogen and oxygen atoms in total. The zero-order valence-electron chi connectivity index (χ0n) is 9.57. The number of pyridine rings is 1.